The highest BCUT2D eigenvalue weighted by Crippen LogP contribution is 2.20. The first kappa shape index (κ1) is 15.7. The van der Waals surface area contributed by atoms with Crippen LogP contribution in [0.3, 0.4) is 0 Å². The number of alkyl halides is 1. The molecule has 0 spiro atoms. The van der Waals surface area contributed by atoms with E-state index in [4.69, 9.17) is 4.74 Å². The molecule has 0 amide bonds. The Hall–Kier alpha value is -0.340. The highest BCUT2D eigenvalue weighted by atomic mass is 79.9. The molecule has 102 valence electrons. The molecule has 0 aliphatic heterocycles. The lowest BCUT2D eigenvalue weighted by Crippen LogP contribution is -2.13. The standard InChI is InChI=1S/C16H25BrO/c1-3-7-16(11-17)10-14(2)12-18-13-15-8-5-4-6-9-15/h4-6,8-9,14,16H,3,7,10-13H2,1-2H3. The molecular weight excluding hydrogens is 288 g/mol. The topological polar surface area (TPSA) is 9.23 Å². The number of hydrogen-bond donors (Lipinski definition) is 0. The summed E-state index contributed by atoms with van der Waals surface area (Å²) in [5, 5.41) is 1.11. The van der Waals surface area contributed by atoms with E-state index in [9.17, 15) is 0 Å². The number of rotatable bonds is 9. The highest BCUT2D eigenvalue weighted by Gasteiger charge is 2.11. The molecule has 0 aliphatic carbocycles. The highest BCUT2D eigenvalue weighted by molar-refractivity contribution is 9.09. The Kier molecular flexibility index (Phi) is 8.36. The molecule has 2 heteroatoms. The molecule has 0 N–H and O–H groups in total. The molecule has 2 unspecified atom stereocenters. The summed E-state index contributed by atoms with van der Waals surface area (Å²) in [4.78, 5) is 0. The van der Waals surface area contributed by atoms with Crippen molar-refractivity contribution >= 4 is 15.9 Å². The SMILES string of the molecule is CCCC(CBr)CC(C)COCc1ccccc1. The summed E-state index contributed by atoms with van der Waals surface area (Å²) in [5.74, 6) is 1.44. The van der Waals surface area contributed by atoms with Gasteiger partial charge in [0.1, 0.15) is 0 Å². The van der Waals surface area contributed by atoms with Crippen molar-refractivity contribution < 1.29 is 4.74 Å². The molecule has 1 nitrogen and oxygen atoms in total. The van der Waals surface area contributed by atoms with Crippen LogP contribution in [0.15, 0.2) is 30.3 Å². The van der Waals surface area contributed by atoms with Crippen molar-refractivity contribution in [2.75, 3.05) is 11.9 Å². The molecule has 1 aromatic carbocycles. The zero-order valence-corrected chi connectivity index (χ0v) is 13.2. The minimum absolute atomic E-state index is 0.641. The van der Waals surface area contributed by atoms with E-state index < -0.39 is 0 Å². The van der Waals surface area contributed by atoms with Gasteiger partial charge in [0.15, 0.2) is 0 Å². The molecule has 18 heavy (non-hydrogen) atoms. The van der Waals surface area contributed by atoms with Gasteiger partial charge in [0.05, 0.1) is 6.61 Å². The normalized spacial score (nSPS) is 14.4. The minimum atomic E-state index is 0.641. The molecule has 0 radical (unpaired) electrons. The fraction of sp³-hybridized carbons (Fsp3) is 0.625. The van der Waals surface area contributed by atoms with E-state index in [1.54, 1.807) is 0 Å². The first-order valence-corrected chi connectivity index (χ1v) is 8.06. The maximum Gasteiger partial charge on any atom is 0.0717 e. The maximum atomic E-state index is 5.79. The van der Waals surface area contributed by atoms with Crippen molar-refractivity contribution in [2.45, 2.75) is 39.7 Å². The van der Waals surface area contributed by atoms with Crippen molar-refractivity contribution in [1.29, 1.82) is 0 Å². The molecule has 0 saturated heterocycles. The Bertz CT molecular complexity index is 299. The molecular formula is C16H25BrO. The molecule has 0 aromatic heterocycles. The Morgan fingerprint density at radius 1 is 1.22 bits per heavy atom. The van der Waals surface area contributed by atoms with Crippen LogP contribution in [0.5, 0.6) is 0 Å². The summed E-state index contributed by atoms with van der Waals surface area (Å²) < 4.78 is 5.79. The molecule has 1 rings (SSSR count). The smallest absolute Gasteiger partial charge is 0.0717 e. The Balaban J connectivity index is 2.18. The van der Waals surface area contributed by atoms with Crippen LogP contribution in [-0.4, -0.2) is 11.9 Å². The summed E-state index contributed by atoms with van der Waals surface area (Å²) >= 11 is 3.61. The summed E-state index contributed by atoms with van der Waals surface area (Å²) in [6.45, 7) is 6.14. The van der Waals surface area contributed by atoms with Gasteiger partial charge in [0, 0.05) is 11.9 Å². The van der Waals surface area contributed by atoms with Gasteiger partial charge in [-0.3, -0.25) is 0 Å². The van der Waals surface area contributed by atoms with Gasteiger partial charge >= 0.3 is 0 Å². The number of ether oxygens (including phenoxy) is 1. The fourth-order valence-corrected chi connectivity index (χ4v) is 2.84. The summed E-state index contributed by atoms with van der Waals surface area (Å²) in [5.41, 5.74) is 1.26. The zero-order chi connectivity index (χ0) is 13.2. The Labute approximate surface area is 120 Å². The summed E-state index contributed by atoms with van der Waals surface area (Å²) in [6, 6.07) is 10.4. The zero-order valence-electron chi connectivity index (χ0n) is 11.6. The molecule has 0 fully saturated rings. The van der Waals surface area contributed by atoms with Crippen molar-refractivity contribution in [3.8, 4) is 0 Å². The van der Waals surface area contributed by atoms with Crippen molar-refractivity contribution in [3.05, 3.63) is 35.9 Å². The van der Waals surface area contributed by atoms with E-state index >= 15 is 0 Å². The van der Waals surface area contributed by atoms with Crippen LogP contribution in [0.25, 0.3) is 0 Å². The van der Waals surface area contributed by atoms with Crippen LogP contribution in [-0.2, 0) is 11.3 Å². The van der Waals surface area contributed by atoms with Gasteiger partial charge in [-0.2, -0.15) is 0 Å². The van der Waals surface area contributed by atoms with Crippen LogP contribution in [0.1, 0.15) is 38.7 Å². The van der Waals surface area contributed by atoms with E-state index in [-0.39, 0.29) is 0 Å². The first-order valence-electron chi connectivity index (χ1n) is 6.93. The van der Waals surface area contributed by atoms with Crippen molar-refractivity contribution in [2.24, 2.45) is 11.8 Å². The second kappa shape index (κ2) is 9.57. The van der Waals surface area contributed by atoms with Gasteiger partial charge in [-0.25, -0.2) is 0 Å². The number of halogens is 1. The Morgan fingerprint density at radius 3 is 2.56 bits per heavy atom. The maximum absolute atomic E-state index is 5.79. The Morgan fingerprint density at radius 2 is 1.94 bits per heavy atom. The van der Waals surface area contributed by atoms with Crippen LogP contribution in [0.2, 0.25) is 0 Å². The lowest BCUT2D eigenvalue weighted by atomic mass is 9.94. The first-order chi connectivity index (χ1) is 8.76. The van der Waals surface area contributed by atoms with Crippen LogP contribution in [0, 0.1) is 11.8 Å². The number of benzene rings is 1. The van der Waals surface area contributed by atoms with Gasteiger partial charge in [0.25, 0.3) is 0 Å². The van der Waals surface area contributed by atoms with Gasteiger partial charge < -0.3 is 4.74 Å². The van der Waals surface area contributed by atoms with Gasteiger partial charge in [-0.05, 0) is 30.2 Å². The van der Waals surface area contributed by atoms with Crippen LogP contribution >= 0.6 is 15.9 Å². The molecule has 0 aliphatic rings. The van der Waals surface area contributed by atoms with Gasteiger partial charge in [0.2, 0.25) is 0 Å². The summed E-state index contributed by atoms with van der Waals surface area (Å²) in [6.07, 6.45) is 3.84. The molecule has 0 saturated carbocycles. The number of hydrogen-bond acceptors (Lipinski definition) is 1. The average molecular weight is 313 g/mol. The van der Waals surface area contributed by atoms with E-state index in [1.807, 2.05) is 6.07 Å². The van der Waals surface area contributed by atoms with E-state index in [2.05, 4.69) is 54.0 Å². The van der Waals surface area contributed by atoms with Crippen molar-refractivity contribution in [3.63, 3.8) is 0 Å². The van der Waals surface area contributed by atoms with Crippen LogP contribution in [0.4, 0.5) is 0 Å². The summed E-state index contributed by atoms with van der Waals surface area (Å²) in [7, 11) is 0. The van der Waals surface area contributed by atoms with Crippen LogP contribution < -0.4 is 0 Å². The molecule has 1 aromatic rings. The molecule has 0 bridgehead atoms. The third-order valence-corrected chi connectivity index (χ3v) is 4.08. The fourth-order valence-electron chi connectivity index (χ4n) is 2.26. The van der Waals surface area contributed by atoms with E-state index in [1.165, 1.54) is 24.8 Å². The molecule has 0 heterocycles. The van der Waals surface area contributed by atoms with E-state index in [0.717, 1.165) is 24.5 Å². The van der Waals surface area contributed by atoms with Crippen molar-refractivity contribution in [1.82, 2.24) is 0 Å². The van der Waals surface area contributed by atoms with Gasteiger partial charge in [-0.15, -0.1) is 0 Å². The average Bonchev–Trinajstić information content (AvgIpc) is 2.39. The quantitative estimate of drug-likeness (QED) is 0.580. The second-order valence-electron chi connectivity index (χ2n) is 5.15. The monoisotopic (exact) mass is 312 g/mol. The molecule has 2 atom stereocenters. The lowest BCUT2D eigenvalue weighted by molar-refractivity contribution is 0.0846. The predicted octanol–water partition coefficient (Wildman–Crippen LogP) is 5.04. The third kappa shape index (κ3) is 6.55. The second-order valence-corrected chi connectivity index (χ2v) is 5.80. The lowest BCUT2D eigenvalue weighted by Gasteiger charge is -2.18. The van der Waals surface area contributed by atoms with Gasteiger partial charge in [-0.1, -0.05) is 66.5 Å². The minimum Gasteiger partial charge on any atom is -0.376 e. The third-order valence-electron chi connectivity index (χ3n) is 3.16. The van der Waals surface area contributed by atoms with E-state index in [0.29, 0.717) is 5.92 Å². The largest absolute Gasteiger partial charge is 0.376 e. The predicted molar refractivity (Wildman–Crippen MR) is 82.1 cm³/mol.